The van der Waals surface area contributed by atoms with Gasteiger partial charge in [-0.1, -0.05) is 37.3 Å². The number of urea groups is 1. The minimum Gasteiger partial charge on any atom is -0.457 e. The third-order valence-corrected chi connectivity index (χ3v) is 6.36. The maximum absolute atomic E-state index is 12.7. The molecular weight excluding hydrogens is 563 g/mol. The van der Waals surface area contributed by atoms with E-state index in [9.17, 15) is 22.8 Å². The zero-order valence-corrected chi connectivity index (χ0v) is 22.8. The summed E-state index contributed by atoms with van der Waals surface area (Å²) in [6.07, 6.45) is -1.26. The number of rotatable bonds is 8. The van der Waals surface area contributed by atoms with Crippen LogP contribution in [0.4, 0.5) is 35.2 Å². The first-order valence-electron chi connectivity index (χ1n) is 13.1. The summed E-state index contributed by atoms with van der Waals surface area (Å²) in [5, 5.41) is 11.4. The lowest BCUT2D eigenvalue weighted by molar-refractivity contribution is -0.123. The Bertz CT molecular complexity index is 1790. The van der Waals surface area contributed by atoms with Crippen LogP contribution in [0.15, 0.2) is 85.3 Å². The van der Waals surface area contributed by atoms with Gasteiger partial charge in [0.25, 0.3) is 5.91 Å². The number of nitrogen functional groups attached to an aromatic ring is 1. The molecule has 13 heteroatoms. The smallest absolute Gasteiger partial charge is 0.405 e. The number of carbonyl (C=O) groups is 2. The topological polar surface area (TPSA) is 136 Å². The van der Waals surface area contributed by atoms with Crippen LogP contribution in [0.5, 0.6) is 11.5 Å². The SMILES string of the molecule is CCc1cccc(Oc2cccc(NC(=O)Nc3ccc(-c4c(C(=O)NCC(F)(F)F)cn5ncnc(N)c45)cc3)c2)c1. The highest BCUT2D eigenvalue weighted by molar-refractivity contribution is 6.07. The van der Waals surface area contributed by atoms with E-state index in [4.69, 9.17) is 10.5 Å². The van der Waals surface area contributed by atoms with Crippen LogP contribution in [-0.2, 0) is 6.42 Å². The average molecular weight is 590 g/mol. The Morgan fingerprint density at radius 3 is 2.37 bits per heavy atom. The summed E-state index contributed by atoms with van der Waals surface area (Å²) < 4.78 is 45.4. The molecule has 3 amide bonds. The highest BCUT2D eigenvalue weighted by Gasteiger charge is 2.29. The summed E-state index contributed by atoms with van der Waals surface area (Å²) >= 11 is 0. The largest absolute Gasteiger partial charge is 0.457 e. The summed E-state index contributed by atoms with van der Waals surface area (Å²) in [5.41, 5.74) is 8.96. The number of anilines is 3. The summed E-state index contributed by atoms with van der Waals surface area (Å²) in [4.78, 5) is 29.4. The first-order chi connectivity index (χ1) is 20.6. The van der Waals surface area contributed by atoms with Crippen LogP contribution < -0.4 is 26.4 Å². The molecule has 0 unspecified atom stereocenters. The standard InChI is InChI=1S/C30H26F3N7O3/c1-2-18-5-3-7-22(13-18)43-23-8-4-6-21(14-23)39-29(42)38-20-11-9-19(10-12-20)25-24(28(41)35-16-30(31,32)33)15-40-26(25)27(34)36-17-37-40/h3-15,17H,2,16H2,1H3,(H,35,41)(H2,34,36,37)(H2,38,39,42). The average Bonchev–Trinajstić information content (AvgIpc) is 3.37. The van der Waals surface area contributed by atoms with Crippen molar-refractivity contribution in [2.24, 2.45) is 0 Å². The number of alkyl halides is 3. The lowest BCUT2D eigenvalue weighted by Crippen LogP contribution is -2.33. The van der Waals surface area contributed by atoms with Gasteiger partial charge in [-0.15, -0.1) is 0 Å². The number of nitrogens with one attached hydrogen (secondary N) is 3. The second-order valence-corrected chi connectivity index (χ2v) is 9.44. The number of carbonyl (C=O) groups excluding carboxylic acids is 2. The molecule has 3 aromatic carbocycles. The molecule has 0 saturated heterocycles. The number of hydrogen-bond acceptors (Lipinski definition) is 6. The van der Waals surface area contributed by atoms with Crippen LogP contribution in [0.2, 0.25) is 0 Å². The van der Waals surface area contributed by atoms with Crippen LogP contribution in [-0.4, -0.2) is 39.3 Å². The molecule has 5 rings (SSSR count). The molecule has 0 atom stereocenters. The van der Waals surface area contributed by atoms with Crippen molar-refractivity contribution in [1.29, 1.82) is 0 Å². The van der Waals surface area contributed by atoms with Gasteiger partial charge in [-0.25, -0.2) is 14.3 Å². The maximum atomic E-state index is 12.7. The number of ether oxygens (including phenoxy) is 1. The predicted molar refractivity (Wildman–Crippen MR) is 156 cm³/mol. The van der Waals surface area contributed by atoms with E-state index in [1.165, 1.54) is 17.0 Å². The van der Waals surface area contributed by atoms with Crippen molar-refractivity contribution in [2.75, 3.05) is 22.9 Å². The van der Waals surface area contributed by atoms with Gasteiger partial charge in [0.05, 0.1) is 5.56 Å². The minimum atomic E-state index is -4.59. The Balaban J connectivity index is 1.31. The second-order valence-electron chi connectivity index (χ2n) is 9.44. The van der Waals surface area contributed by atoms with Crippen LogP contribution in [0.1, 0.15) is 22.8 Å². The zero-order valence-electron chi connectivity index (χ0n) is 22.8. The monoisotopic (exact) mass is 589 g/mol. The third kappa shape index (κ3) is 7.01. The second kappa shape index (κ2) is 12.1. The highest BCUT2D eigenvalue weighted by atomic mass is 19.4. The minimum absolute atomic E-state index is 0.0331. The molecule has 5 aromatic rings. The summed E-state index contributed by atoms with van der Waals surface area (Å²) in [6.45, 7) is 0.555. The van der Waals surface area contributed by atoms with E-state index in [0.29, 0.717) is 28.4 Å². The van der Waals surface area contributed by atoms with Crippen LogP contribution in [0, 0.1) is 0 Å². The van der Waals surface area contributed by atoms with Gasteiger partial charge in [-0.2, -0.15) is 18.3 Å². The van der Waals surface area contributed by atoms with Crippen molar-refractivity contribution in [3.63, 3.8) is 0 Å². The van der Waals surface area contributed by atoms with Crippen LogP contribution in [0.3, 0.4) is 0 Å². The summed E-state index contributed by atoms with van der Waals surface area (Å²) in [5.74, 6) is 0.314. The number of halogens is 3. The molecule has 0 aliphatic heterocycles. The molecule has 5 N–H and O–H groups in total. The zero-order chi connectivity index (χ0) is 30.6. The van der Waals surface area contributed by atoms with E-state index >= 15 is 0 Å². The third-order valence-electron chi connectivity index (χ3n) is 6.36. The van der Waals surface area contributed by atoms with Gasteiger partial charge in [-0.3, -0.25) is 4.79 Å². The summed E-state index contributed by atoms with van der Waals surface area (Å²) in [7, 11) is 0. The molecule has 220 valence electrons. The Morgan fingerprint density at radius 1 is 0.953 bits per heavy atom. The maximum Gasteiger partial charge on any atom is 0.405 e. The molecule has 2 aromatic heterocycles. The van der Waals surface area contributed by atoms with Crippen molar-refractivity contribution in [3.8, 4) is 22.6 Å². The molecule has 0 fully saturated rings. The first kappa shape index (κ1) is 28.9. The molecule has 43 heavy (non-hydrogen) atoms. The van der Waals surface area contributed by atoms with E-state index < -0.39 is 24.7 Å². The Morgan fingerprint density at radius 2 is 1.65 bits per heavy atom. The number of fused-ring (bicyclic) bond motifs is 1. The number of aromatic nitrogens is 3. The molecule has 2 heterocycles. The van der Waals surface area contributed by atoms with Crippen molar-refractivity contribution in [1.82, 2.24) is 19.9 Å². The fourth-order valence-corrected chi connectivity index (χ4v) is 4.39. The van der Waals surface area contributed by atoms with Crippen molar-refractivity contribution < 1.29 is 27.5 Å². The summed E-state index contributed by atoms with van der Waals surface area (Å²) in [6, 6.07) is 20.5. The molecule has 0 radical (unpaired) electrons. The van der Waals surface area contributed by atoms with Crippen molar-refractivity contribution in [2.45, 2.75) is 19.5 Å². The fourth-order valence-electron chi connectivity index (χ4n) is 4.39. The van der Waals surface area contributed by atoms with Crippen LogP contribution >= 0.6 is 0 Å². The van der Waals surface area contributed by atoms with Crippen LogP contribution in [0.25, 0.3) is 16.6 Å². The molecular formula is C30H26F3N7O3. The lowest BCUT2D eigenvalue weighted by Gasteiger charge is -2.12. The lowest BCUT2D eigenvalue weighted by atomic mass is 10.0. The number of nitrogens with zero attached hydrogens (tertiary/aromatic N) is 3. The first-order valence-corrected chi connectivity index (χ1v) is 13.1. The quantitative estimate of drug-likeness (QED) is 0.169. The molecule has 0 saturated carbocycles. The number of benzene rings is 3. The Hall–Kier alpha value is -5.59. The van der Waals surface area contributed by atoms with Gasteiger partial charge in [0.1, 0.15) is 29.9 Å². The molecule has 0 aliphatic carbocycles. The number of aryl methyl sites for hydroxylation is 1. The van der Waals surface area contributed by atoms with Gasteiger partial charge in [0.2, 0.25) is 0 Å². The predicted octanol–water partition coefficient (Wildman–Crippen LogP) is 6.27. The fraction of sp³-hybridized carbons (Fsp3) is 0.133. The Labute approximate surface area is 243 Å². The van der Waals surface area contributed by atoms with Gasteiger partial charge in [0.15, 0.2) is 5.82 Å². The number of amides is 3. The molecule has 10 nitrogen and oxygen atoms in total. The van der Waals surface area contributed by atoms with E-state index in [1.807, 2.05) is 29.6 Å². The Kier molecular flexibility index (Phi) is 8.14. The van der Waals surface area contributed by atoms with E-state index in [2.05, 4.69) is 27.6 Å². The molecule has 0 spiro atoms. The van der Waals surface area contributed by atoms with Gasteiger partial charge in [-0.05, 0) is 53.9 Å². The normalized spacial score (nSPS) is 11.3. The van der Waals surface area contributed by atoms with Gasteiger partial charge in [0, 0.05) is 29.2 Å². The van der Waals surface area contributed by atoms with Gasteiger partial charge >= 0.3 is 12.2 Å². The van der Waals surface area contributed by atoms with Crippen molar-refractivity contribution >= 4 is 34.6 Å². The molecule has 0 aliphatic rings. The van der Waals surface area contributed by atoms with E-state index in [-0.39, 0.29) is 22.5 Å². The van der Waals surface area contributed by atoms with E-state index in [0.717, 1.165) is 12.0 Å². The number of hydrogen-bond donors (Lipinski definition) is 4. The highest BCUT2D eigenvalue weighted by Crippen LogP contribution is 2.33. The number of nitrogens with two attached hydrogens (primary N) is 1. The molecule has 0 bridgehead atoms. The van der Waals surface area contributed by atoms with Gasteiger partial charge < -0.3 is 26.4 Å². The van der Waals surface area contributed by atoms with Crippen molar-refractivity contribution in [3.05, 3.63) is 96.4 Å². The van der Waals surface area contributed by atoms with E-state index in [1.54, 1.807) is 48.5 Å².